The largest absolute Gasteiger partial charge is 0.302 e. The monoisotopic (exact) mass is 174 g/mol. The molecule has 0 amide bonds. The van der Waals surface area contributed by atoms with Gasteiger partial charge in [0.1, 0.15) is 12.6 Å². The van der Waals surface area contributed by atoms with Gasteiger partial charge in [-0.05, 0) is 24.0 Å². The molecule has 66 valence electrons. The van der Waals surface area contributed by atoms with Crippen LogP contribution in [0.1, 0.15) is 11.1 Å². The van der Waals surface area contributed by atoms with Crippen LogP contribution >= 0.6 is 0 Å². The zero-order valence-corrected chi connectivity index (χ0v) is 7.19. The van der Waals surface area contributed by atoms with Crippen molar-refractivity contribution >= 4 is 12.6 Å². The van der Waals surface area contributed by atoms with Gasteiger partial charge in [0.25, 0.3) is 0 Å². The second-order valence-electron chi connectivity index (χ2n) is 3.59. The lowest BCUT2D eigenvalue weighted by Crippen LogP contribution is -2.24. The molecule has 0 saturated carbocycles. The quantitative estimate of drug-likeness (QED) is 0.498. The van der Waals surface area contributed by atoms with Gasteiger partial charge in [0.15, 0.2) is 0 Å². The van der Waals surface area contributed by atoms with Gasteiger partial charge < -0.3 is 9.59 Å². The summed E-state index contributed by atoms with van der Waals surface area (Å²) in [6.07, 6.45) is 2.69. The van der Waals surface area contributed by atoms with Crippen LogP contribution in [0.15, 0.2) is 24.3 Å². The molecule has 0 unspecified atom stereocenters. The van der Waals surface area contributed by atoms with E-state index in [2.05, 4.69) is 0 Å². The average molecular weight is 174 g/mol. The lowest BCUT2D eigenvalue weighted by atomic mass is 9.89. The molecule has 1 aromatic rings. The molecule has 0 atom stereocenters. The Kier molecular flexibility index (Phi) is 1.76. The third-order valence-electron chi connectivity index (χ3n) is 2.63. The van der Waals surface area contributed by atoms with Gasteiger partial charge in [-0.2, -0.15) is 0 Å². The number of fused-ring (bicyclic) bond motifs is 1. The van der Waals surface area contributed by atoms with Crippen LogP contribution in [0.2, 0.25) is 0 Å². The topological polar surface area (TPSA) is 34.1 Å². The first-order valence-corrected chi connectivity index (χ1v) is 4.29. The molecule has 0 heterocycles. The summed E-state index contributed by atoms with van der Waals surface area (Å²) in [4.78, 5) is 21.6. The molecule has 0 bridgehead atoms. The molecule has 2 heteroatoms. The van der Waals surface area contributed by atoms with Crippen molar-refractivity contribution in [3.05, 3.63) is 35.4 Å². The van der Waals surface area contributed by atoms with Crippen molar-refractivity contribution < 1.29 is 9.59 Å². The predicted octanol–water partition coefficient (Wildman–Crippen LogP) is 1.17. The van der Waals surface area contributed by atoms with E-state index in [9.17, 15) is 9.59 Å². The van der Waals surface area contributed by atoms with E-state index in [1.54, 1.807) is 0 Å². The number of benzene rings is 1. The first-order chi connectivity index (χ1) is 6.29. The van der Waals surface area contributed by atoms with Gasteiger partial charge in [-0.15, -0.1) is 0 Å². The first kappa shape index (κ1) is 8.17. The van der Waals surface area contributed by atoms with Crippen molar-refractivity contribution in [2.45, 2.75) is 12.8 Å². The molecule has 1 aromatic carbocycles. The zero-order valence-electron chi connectivity index (χ0n) is 7.19. The second kappa shape index (κ2) is 2.80. The minimum atomic E-state index is -0.774. The molecule has 1 aliphatic rings. The van der Waals surface area contributed by atoms with E-state index in [0.717, 1.165) is 23.7 Å². The van der Waals surface area contributed by atoms with E-state index >= 15 is 0 Å². The van der Waals surface area contributed by atoms with Crippen LogP contribution in [0.5, 0.6) is 0 Å². The van der Waals surface area contributed by atoms with Gasteiger partial charge in [0.2, 0.25) is 0 Å². The lowest BCUT2D eigenvalue weighted by molar-refractivity contribution is -0.125. The van der Waals surface area contributed by atoms with Crippen LogP contribution in [0.4, 0.5) is 0 Å². The minimum Gasteiger partial charge on any atom is -0.302 e. The molecule has 1 aliphatic carbocycles. The molecule has 2 nitrogen and oxygen atoms in total. The highest BCUT2D eigenvalue weighted by molar-refractivity contribution is 5.86. The van der Waals surface area contributed by atoms with Gasteiger partial charge in [-0.25, -0.2) is 0 Å². The Balaban J connectivity index is 2.41. The summed E-state index contributed by atoms with van der Waals surface area (Å²) in [6.45, 7) is 0. The average Bonchev–Trinajstić information content (AvgIpc) is 2.57. The number of aldehydes is 2. The summed E-state index contributed by atoms with van der Waals surface area (Å²) in [5, 5.41) is 0. The Labute approximate surface area is 76.6 Å². The smallest absolute Gasteiger partial charge is 0.133 e. The third kappa shape index (κ3) is 1.18. The van der Waals surface area contributed by atoms with Gasteiger partial charge in [0.05, 0.1) is 5.41 Å². The van der Waals surface area contributed by atoms with Gasteiger partial charge >= 0.3 is 0 Å². The molecule has 0 aliphatic heterocycles. The van der Waals surface area contributed by atoms with E-state index in [0.29, 0.717) is 12.8 Å². The first-order valence-electron chi connectivity index (χ1n) is 4.29. The fraction of sp³-hybridized carbons (Fsp3) is 0.273. The van der Waals surface area contributed by atoms with Gasteiger partial charge in [-0.3, -0.25) is 0 Å². The third-order valence-corrected chi connectivity index (χ3v) is 2.63. The summed E-state index contributed by atoms with van der Waals surface area (Å²) in [5.74, 6) is 0. The van der Waals surface area contributed by atoms with Gasteiger partial charge in [0, 0.05) is 0 Å². The molecular formula is C11H10O2. The standard InChI is InChI=1S/C11H10O2/c12-7-11(8-13)5-9-3-1-2-4-10(9)6-11/h1-4,7-8H,5-6H2. The fourth-order valence-corrected chi connectivity index (χ4v) is 1.87. The Morgan fingerprint density at radius 3 is 1.85 bits per heavy atom. The predicted molar refractivity (Wildman–Crippen MR) is 48.4 cm³/mol. The Hall–Kier alpha value is -1.44. The van der Waals surface area contributed by atoms with Crippen LogP contribution in [-0.4, -0.2) is 12.6 Å². The van der Waals surface area contributed by atoms with Crippen molar-refractivity contribution in [1.82, 2.24) is 0 Å². The van der Waals surface area contributed by atoms with E-state index < -0.39 is 5.41 Å². The number of rotatable bonds is 2. The highest BCUT2D eigenvalue weighted by atomic mass is 16.1. The van der Waals surface area contributed by atoms with Crippen LogP contribution in [0.3, 0.4) is 0 Å². The van der Waals surface area contributed by atoms with Crippen molar-refractivity contribution in [1.29, 1.82) is 0 Å². The molecule has 0 fully saturated rings. The van der Waals surface area contributed by atoms with E-state index in [4.69, 9.17) is 0 Å². The summed E-state index contributed by atoms with van der Waals surface area (Å²) in [5.41, 5.74) is 1.48. The van der Waals surface area contributed by atoms with E-state index in [1.807, 2.05) is 24.3 Å². The molecule has 0 spiro atoms. The summed E-state index contributed by atoms with van der Waals surface area (Å²) in [7, 11) is 0. The summed E-state index contributed by atoms with van der Waals surface area (Å²) >= 11 is 0. The Morgan fingerprint density at radius 2 is 1.46 bits per heavy atom. The minimum absolute atomic E-state index is 0.566. The Morgan fingerprint density at radius 1 is 1.00 bits per heavy atom. The molecule has 0 saturated heterocycles. The van der Waals surface area contributed by atoms with Crippen LogP contribution in [0, 0.1) is 5.41 Å². The fourth-order valence-electron chi connectivity index (χ4n) is 1.87. The molecule has 0 aromatic heterocycles. The van der Waals surface area contributed by atoms with Crippen molar-refractivity contribution in [2.75, 3.05) is 0 Å². The molecule has 2 rings (SSSR count). The van der Waals surface area contributed by atoms with Crippen molar-refractivity contribution in [3.8, 4) is 0 Å². The highest BCUT2D eigenvalue weighted by Crippen LogP contribution is 2.33. The zero-order chi connectivity index (χ0) is 9.31. The van der Waals surface area contributed by atoms with Crippen molar-refractivity contribution in [3.63, 3.8) is 0 Å². The summed E-state index contributed by atoms with van der Waals surface area (Å²) in [6, 6.07) is 7.82. The van der Waals surface area contributed by atoms with E-state index in [-0.39, 0.29) is 0 Å². The van der Waals surface area contributed by atoms with Gasteiger partial charge in [-0.1, -0.05) is 24.3 Å². The lowest BCUT2D eigenvalue weighted by Gasteiger charge is -2.10. The normalized spacial score (nSPS) is 17.8. The molecule has 0 N–H and O–H groups in total. The van der Waals surface area contributed by atoms with Crippen molar-refractivity contribution in [2.24, 2.45) is 5.41 Å². The summed E-state index contributed by atoms with van der Waals surface area (Å²) < 4.78 is 0. The van der Waals surface area contributed by atoms with Crippen LogP contribution in [0.25, 0.3) is 0 Å². The van der Waals surface area contributed by atoms with Crippen LogP contribution in [-0.2, 0) is 22.4 Å². The van der Waals surface area contributed by atoms with E-state index in [1.165, 1.54) is 0 Å². The molecule has 13 heavy (non-hydrogen) atoms. The second-order valence-corrected chi connectivity index (χ2v) is 3.59. The maximum Gasteiger partial charge on any atom is 0.133 e. The molecular weight excluding hydrogens is 164 g/mol. The van der Waals surface area contributed by atoms with Crippen LogP contribution < -0.4 is 0 Å². The number of hydrogen-bond donors (Lipinski definition) is 0. The number of hydrogen-bond acceptors (Lipinski definition) is 2. The number of carbonyl (C=O) groups excluding carboxylic acids is 2. The highest BCUT2D eigenvalue weighted by Gasteiger charge is 2.36. The number of carbonyl (C=O) groups is 2. The Bertz CT molecular complexity index is 320. The maximum atomic E-state index is 10.8. The SMILES string of the molecule is O=CC1(C=O)Cc2ccccc2C1. The molecule has 0 radical (unpaired) electrons. The maximum absolute atomic E-state index is 10.8.